The van der Waals surface area contributed by atoms with Gasteiger partial charge in [0.05, 0.1) is 0 Å². The summed E-state index contributed by atoms with van der Waals surface area (Å²) < 4.78 is 2.12. The van der Waals surface area contributed by atoms with Gasteiger partial charge in [-0.1, -0.05) is 39.5 Å². The van der Waals surface area contributed by atoms with Gasteiger partial charge in [-0.3, -0.25) is 0 Å². The Morgan fingerprint density at radius 3 is 2.47 bits per heavy atom. The molecule has 2 nitrogen and oxygen atoms in total. The molecule has 1 heterocycles. The molecule has 0 aliphatic heterocycles. The molecule has 0 atom stereocenters. The Morgan fingerprint density at radius 1 is 1.12 bits per heavy atom. The summed E-state index contributed by atoms with van der Waals surface area (Å²) in [5, 5.41) is 9.23. The van der Waals surface area contributed by atoms with Gasteiger partial charge in [-0.25, -0.2) is 0 Å². The lowest BCUT2D eigenvalue weighted by molar-refractivity contribution is 0.598. The predicted molar refractivity (Wildman–Crippen MR) is 71.9 cm³/mol. The van der Waals surface area contributed by atoms with Crippen LogP contribution in [-0.4, -0.2) is 4.57 Å². The summed E-state index contributed by atoms with van der Waals surface area (Å²) in [7, 11) is 0. The average Bonchev–Trinajstić information content (AvgIpc) is 2.72. The molecule has 0 N–H and O–H groups in total. The number of nitriles is 1. The second-order valence-electron chi connectivity index (χ2n) is 4.66. The van der Waals surface area contributed by atoms with Crippen molar-refractivity contribution in [2.75, 3.05) is 0 Å². The summed E-state index contributed by atoms with van der Waals surface area (Å²) in [6.45, 7) is 5.41. The molecule has 0 spiro atoms. The number of rotatable bonds is 8. The van der Waals surface area contributed by atoms with Gasteiger partial charge in [0.25, 0.3) is 0 Å². The van der Waals surface area contributed by atoms with Crippen LogP contribution in [0.2, 0.25) is 0 Å². The summed E-state index contributed by atoms with van der Waals surface area (Å²) in [5.41, 5.74) is 2.12. The molecule has 0 bridgehead atoms. The van der Waals surface area contributed by atoms with Crippen LogP contribution in [0.15, 0.2) is 12.3 Å². The third-order valence-electron chi connectivity index (χ3n) is 3.21. The third-order valence-corrected chi connectivity index (χ3v) is 3.21. The third kappa shape index (κ3) is 4.26. The zero-order chi connectivity index (χ0) is 12.5. The fraction of sp³-hybridized carbons (Fsp3) is 0.667. The van der Waals surface area contributed by atoms with Gasteiger partial charge in [-0.2, -0.15) is 5.26 Å². The van der Waals surface area contributed by atoms with Crippen LogP contribution >= 0.6 is 0 Å². The summed E-state index contributed by atoms with van der Waals surface area (Å²) in [6, 6.07) is 4.49. The Bertz CT molecular complexity index is 330. The molecule has 1 aromatic rings. The lowest BCUT2D eigenvalue weighted by Crippen LogP contribution is -2.01. The van der Waals surface area contributed by atoms with Gasteiger partial charge >= 0.3 is 0 Å². The number of hydrogen-bond acceptors (Lipinski definition) is 1. The molecule has 0 radical (unpaired) electrons. The van der Waals surface area contributed by atoms with Crippen LogP contribution < -0.4 is 0 Å². The molecular formula is C15H24N2. The van der Waals surface area contributed by atoms with Crippen molar-refractivity contribution in [3.63, 3.8) is 0 Å². The molecule has 0 aliphatic carbocycles. The fourth-order valence-electron chi connectivity index (χ4n) is 2.14. The molecule has 0 saturated heterocycles. The van der Waals surface area contributed by atoms with Crippen LogP contribution in [0.4, 0.5) is 0 Å². The van der Waals surface area contributed by atoms with Crippen molar-refractivity contribution in [2.45, 2.75) is 65.3 Å². The quantitative estimate of drug-likeness (QED) is 0.615. The maximum absolute atomic E-state index is 9.23. The van der Waals surface area contributed by atoms with E-state index >= 15 is 0 Å². The summed E-state index contributed by atoms with van der Waals surface area (Å²) in [4.78, 5) is 0. The van der Waals surface area contributed by atoms with E-state index in [0.29, 0.717) is 0 Å². The molecular weight excluding hydrogens is 208 g/mol. The average molecular weight is 232 g/mol. The molecule has 0 unspecified atom stereocenters. The van der Waals surface area contributed by atoms with E-state index in [1.165, 1.54) is 44.1 Å². The van der Waals surface area contributed by atoms with E-state index in [1.54, 1.807) is 0 Å². The van der Waals surface area contributed by atoms with Crippen molar-refractivity contribution in [3.8, 4) is 6.07 Å². The van der Waals surface area contributed by atoms with Crippen LogP contribution in [0, 0.1) is 11.3 Å². The summed E-state index contributed by atoms with van der Waals surface area (Å²) >= 11 is 0. The second kappa shape index (κ2) is 7.95. The standard InChI is InChI=1S/C15H24N2/c1-3-5-7-9-14-10-12-17(15(14)13-16)11-8-6-4-2/h10,12H,3-9,11H2,1-2H3. The Kier molecular flexibility index (Phi) is 6.47. The molecule has 0 aliphatic rings. The number of nitrogens with zero attached hydrogens (tertiary/aromatic N) is 2. The van der Waals surface area contributed by atoms with E-state index < -0.39 is 0 Å². The lowest BCUT2D eigenvalue weighted by atomic mass is 10.1. The molecule has 1 aromatic heterocycles. The lowest BCUT2D eigenvalue weighted by Gasteiger charge is -2.05. The number of hydrogen-bond donors (Lipinski definition) is 0. The fourth-order valence-corrected chi connectivity index (χ4v) is 2.14. The van der Waals surface area contributed by atoms with Gasteiger partial charge in [-0.05, 0) is 30.9 Å². The Hall–Kier alpha value is -1.23. The molecule has 0 amide bonds. The molecule has 94 valence electrons. The Balaban J connectivity index is 2.57. The first kappa shape index (κ1) is 13.8. The molecule has 17 heavy (non-hydrogen) atoms. The van der Waals surface area contributed by atoms with Crippen LogP contribution in [0.5, 0.6) is 0 Å². The van der Waals surface area contributed by atoms with E-state index in [9.17, 15) is 5.26 Å². The minimum absolute atomic E-state index is 0.886. The second-order valence-corrected chi connectivity index (χ2v) is 4.66. The smallest absolute Gasteiger partial charge is 0.123 e. The van der Waals surface area contributed by atoms with E-state index in [0.717, 1.165) is 18.7 Å². The SMILES string of the molecule is CCCCCc1ccn(CCCCC)c1C#N. The van der Waals surface area contributed by atoms with Crippen molar-refractivity contribution in [1.82, 2.24) is 4.57 Å². The number of unbranched alkanes of at least 4 members (excludes halogenated alkanes) is 4. The zero-order valence-corrected chi connectivity index (χ0v) is 11.2. The molecule has 0 saturated carbocycles. The van der Waals surface area contributed by atoms with Gasteiger partial charge in [-0.15, -0.1) is 0 Å². The van der Waals surface area contributed by atoms with Crippen molar-refractivity contribution in [2.24, 2.45) is 0 Å². The van der Waals surface area contributed by atoms with Gasteiger partial charge in [0, 0.05) is 12.7 Å². The number of aromatic nitrogens is 1. The van der Waals surface area contributed by atoms with Crippen LogP contribution in [0.1, 0.15) is 63.6 Å². The van der Waals surface area contributed by atoms with Crippen molar-refractivity contribution in [1.29, 1.82) is 5.26 Å². The maximum atomic E-state index is 9.23. The van der Waals surface area contributed by atoms with Crippen molar-refractivity contribution < 1.29 is 0 Å². The van der Waals surface area contributed by atoms with Gasteiger partial charge in [0.2, 0.25) is 0 Å². The minimum atomic E-state index is 0.886. The van der Waals surface area contributed by atoms with Crippen molar-refractivity contribution >= 4 is 0 Å². The molecule has 2 heteroatoms. The maximum Gasteiger partial charge on any atom is 0.123 e. The van der Waals surface area contributed by atoms with Gasteiger partial charge < -0.3 is 4.57 Å². The Morgan fingerprint density at radius 2 is 1.82 bits per heavy atom. The normalized spacial score (nSPS) is 10.4. The first-order valence-corrected chi connectivity index (χ1v) is 6.91. The first-order valence-electron chi connectivity index (χ1n) is 6.91. The zero-order valence-electron chi connectivity index (χ0n) is 11.2. The number of aryl methyl sites for hydroxylation is 2. The molecule has 1 rings (SSSR count). The van der Waals surface area contributed by atoms with Gasteiger partial charge in [0.15, 0.2) is 0 Å². The minimum Gasteiger partial charge on any atom is -0.339 e. The highest BCUT2D eigenvalue weighted by Crippen LogP contribution is 2.15. The van der Waals surface area contributed by atoms with Crippen LogP contribution in [0.3, 0.4) is 0 Å². The van der Waals surface area contributed by atoms with E-state index in [4.69, 9.17) is 0 Å². The highest BCUT2D eigenvalue weighted by Gasteiger charge is 2.07. The highest BCUT2D eigenvalue weighted by atomic mass is 15.0. The predicted octanol–water partition coefficient (Wildman–Crippen LogP) is 4.28. The topological polar surface area (TPSA) is 28.7 Å². The summed E-state index contributed by atoms with van der Waals surface area (Å²) in [6.07, 6.45) is 10.5. The van der Waals surface area contributed by atoms with Crippen LogP contribution in [-0.2, 0) is 13.0 Å². The monoisotopic (exact) mass is 232 g/mol. The van der Waals surface area contributed by atoms with E-state index in [1.807, 2.05) is 0 Å². The largest absolute Gasteiger partial charge is 0.339 e. The molecule has 0 aromatic carbocycles. The van der Waals surface area contributed by atoms with Gasteiger partial charge in [0.1, 0.15) is 11.8 Å². The highest BCUT2D eigenvalue weighted by molar-refractivity contribution is 5.33. The molecule has 0 fully saturated rings. The first-order chi connectivity index (χ1) is 8.33. The van der Waals surface area contributed by atoms with Crippen LogP contribution in [0.25, 0.3) is 0 Å². The van der Waals surface area contributed by atoms with E-state index in [-0.39, 0.29) is 0 Å². The Labute approximate surface area is 105 Å². The van der Waals surface area contributed by atoms with E-state index in [2.05, 4.69) is 36.7 Å². The summed E-state index contributed by atoms with van der Waals surface area (Å²) in [5.74, 6) is 0. The van der Waals surface area contributed by atoms with Crippen molar-refractivity contribution in [3.05, 3.63) is 23.5 Å².